The number of carbonyl (C=O) groups is 1. The van der Waals surface area contributed by atoms with Crippen molar-refractivity contribution in [3.8, 4) is 0 Å². The van der Waals surface area contributed by atoms with E-state index < -0.39 is 39.0 Å². The molecule has 0 amide bonds. The smallest absolute Gasteiger partial charge is 0.388 e. The van der Waals surface area contributed by atoms with Crippen LogP contribution in [0.3, 0.4) is 0 Å². The van der Waals surface area contributed by atoms with Crippen LogP contribution in [-0.2, 0) is 13.9 Å². The van der Waals surface area contributed by atoms with Crippen molar-refractivity contribution in [2.75, 3.05) is 13.2 Å². The Bertz CT molecular complexity index is 234. The Morgan fingerprint density at radius 3 is 2.21 bits per heavy atom. The van der Waals surface area contributed by atoms with E-state index in [1.54, 1.807) is 0 Å². The quantitative estimate of drug-likeness (QED) is 0.312. The molecule has 0 radical (unpaired) electrons. The van der Waals surface area contributed by atoms with Gasteiger partial charge in [-0.1, -0.05) is 0 Å². The zero-order valence-corrected chi connectivity index (χ0v) is 7.87. The molecule has 0 unspecified atom stereocenters. The van der Waals surface area contributed by atoms with Crippen molar-refractivity contribution in [2.45, 2.75) is 12.2 Å². The van der Waals surface area contributed by atoms with Gasteiger partial charge in [-0.05, 0) is 0 Å². The molecule has 0 aromatic carbocycles. The molecule has 0 spiro atoms. The van der Waals surface area contributed by atoms with Gasteiger partial charge in [0.1, 0.15) is 18.8 Å². The van der Waals surface area contributed by atoms with Crippen LogP contribution in [-0.4, -0.2) is 56.3 Å². The molecule has 0 rings (SSSR count). The summed E-state index contributed by atoms with van der Waals surface area (Å²) in [6.45, 7) is -1.88. The molecule has 5 N–H and O–H groups in total. The summed E-state index contributed by atoms with van der Waals surface area (Å²) in [5.74, 6) is -1.06. The zero-order chi connectivity index (χ0) is 11.4. The molecule has 0 aromatic rings. The Morgan fingerprint density at radius 1 is 1.36 bits per heavy atom. The Kier molecular flexibility index (Phi) is 5.38. The lowest BCUT2D eigenvalue weighted by Gasteiger charge is -2.15. The maximum absolute atomic E-state index is 10.6. The minimum Gasteiger partial charge on any atom is -0.388 e. The molecule has 0 saturated carbocycles. The predicted molar refractivity (Wildman–Crippen MR) is 42.1 cm³/mol. The average Bonchev–Trinajstić information content (AvgIpc) is 2.10. The minimum absolute atomic E-state index is 0.906. The summed E-state index contributed by atoms with van der Waals surface area (Å²) in [4.78, 5) is 27.0. The first-order valence-corrected chi connectivity index (χ1v) is 5.00. The van der Waals surface area contributed by atoms with Crippen LogP contribution in [0.15, 0.2) is 0 Å². The van der Waals surface area contributed by atoms with Gasteiger partial charge in [-0.3, -0.25) is 9.32 Å². The third-order valence-corrected chi connectivity index (χ3v) is 1.75. The summed E-state index contributed by atoms with van der Waals surface area (Å²) in [5.41, 5.74) is 0. The first-order valence-electron chi connectivity index (χ1n) is 3.47. The average molecular weight is 230 g/mol. The lowest BCUT2D eigenvalue weighted by Crippen LogP contribution is -2.38. The number of phosphoric acid groups is 1. The molecular weight excluding hydrogens is 219 g/mol. The molecule has 0 heterocycles. The summed E-state index contributed by atoms with van der Waals surface area (Å²) in [6.07, 6.45) is -3.71. The van der Waals surface area contributed by atoms with Crippen LogP contribution >= 0.6 is 7.82 Å². The molecule has 0 saturated heterocycles. The number of hydrogen-bond acceptors (Lipinski definition) is 6. The lowest BCUT2D eigenvalue weighted by molar-refractivity contribution is -0.137. The second-order valence-corrected chi connectivity index (χ2v) is 3.66. The van der Waals surface area contributed by atoms with Gasteiger partial charge in [0.2, 0.25) is 0 Å². The van der Waals surface area contributed by atoms with Gasteiger partial charge in [0.15, 0.2) is 5.78 Å². The van der Waals surface area contributed by atoms with Gasteiger partial charge >= 0.3 is 7.82 Å². The number of rotatable bonds is 6. The predicted octanol–water partition coefficient (Wildman–Crippen LogP) is -2.62. The van der Waals surface area contributed by atoms with Crippen molar-refractivity contribution in [1.29, 1.82) is 0 Å². The summed E-state index contributed by atoms with van der Waals surface area (Å²) in [6, 6.07) is 0. The van der Waals surface area contributed by atoms with Crippen molar-refractivity contribution in [3.05, 3.63) is 0 Å². The van der Waals surface area contributed by atoms with Crippen LogP contribution in [0.1, 0.15) is 0 Å². The van der Waals surface area contributed by atoms with Crippen LogP contribution in [0.4, 0.5) is 0 Å². The highest BCUT2D eigenvalue weighted by Gasteiger charge is 2.26. The third-order valence-electron chi connectivity index (χ3n) is 1.26. The number of phosphoric ester groups is 1. The fourth-order valence-electron chi connectivity index (χ4n) is 0.573. The summed E-state index contributed by atoms with van der Waals surface area (Å²) in [7, 11) is -4.74. The van der Waals surface area contributed by atoms with Gasteiger partial charge in [0, 0.05) is 0 Å². The number of carbonyl (C=O) groups excluding carboxylic acids is 1. The Labute approximate surface area is 79.0 Å². The molecule has 0 aliphatic carbocycles. The standard InChI is InChI=1S/C5H11O8P/c6-1-3(7)5(9)4(8)2-13-14(10,11)12/h4-6,8-9H,1-2H2,(H2,10,11,12)/t4-,5+/m0/s1. The van der Waals surface area contributed by atoms with Gasteiger partial charge in [0.25, 0.3) is 0 Å². The third kappa shape index (κ3) is 5.40. The van der Waals surface area contributed by atoms with E-state index >= 15 is 0 Å². The molecule has 84 valence electrons. The van der Waals surface area contributed by atoms with E-state index in [9.17, 15) is 9.36 Å². The van der Waals surface area contributed by atoms with E-state index in [2.05, 4.69) is 4.52 Å². The van der Waals surface area contributed by atoms with E-state index in [0.717, 1.165) is 0 Å². The molecule has 0 aliphatic heterocycles. The maximum atomic E-state index is 10.6. The molecule has 2 atom stereocenters. The fraction of sp³-hybridized carbons (Fsp3) is 0.800. The van der Waals surface area contributed by atoms with Crippen molar-refractivity contribution >= 4 is 13.6 Å². The van der Waals surface area contributed by atoms with Gasteiger partial charge in [-0.2, -0.15) is 0 Å². The molecule has 9 heteroatoms. The second kappa shape index (κ2) is 5.52. The number of aliphatic hydroxyl groups is 3. The Hall–Kier alpha value is -0.340. The van der Waals surface area contributed by atoms with E-state index in [-0.39, 0.29) is 0 Å². The van der Waals surface area contributed by atoms with E-state index in [0.29, 0.717) is 0 Å². The largest absolute Gasteiger partial charge is 0.469 e. The first-order chi connectivity index (χ1) is 6.28. The number of Topliss-reactive ketones (excluding diaryl/α,β-unsaturated/α-hetero) is 1. The van der Waals surface area contributed by atoms with Crippen molar-refractivity contribution < 1.29 is 39.0 Å². The van der Waals surface area contributed by atoms with Gasteiger partial charge in [0.05, 0.1) is 6.61 Å². The highest BCUT2D eigenvalue weighted by atomic mass is 31.2. The summed E-state index contributed by atoms with van der Waals surface area (Å²) >= 11 is 0. The molecule has 0 bridgehead atoms. The van der Waals surface area contributed by atoms with Gasteiger partial charge in [-0.15, -0.1) is 0 Å². The highest BCUT2D eigenvalue weighted by molar-refractivity contribution is 7.46. The lowest BCUT2D eigenvalue weighted by atomic mass is 10.1. The topological polar surface area (TPSA) is 145 Å². The maximum Gasteiger partial charge on any atom is 0.469 e. The monoisotopic (exact) mass is 230 g/mol. The number of ketones is 1. The zero-order valence-electron chi connectivity index (χ0n) is 6.98. The van der Waals surface area contributed by atoms with Crippen LogP contribution in [0.2, 0.25) is 0 Å². The van der Waals surface area contributed by atoms with Gasteiger partial charge in [-0.25, -0.2) is 4.57 Å². The fourth-order valence-corrected chi connectivity index (χ4v) is 0.920. The second-order valence-electron chi connectivity index (χ2n) is 2.42. The summed E-state index contributed by atoms with van der Waals surface area (Å²) < 4.78 is 14.0. The molecule has 0 fully saturated rings. The van der Waals surface area contributed by atoms with Gasteiger partial charge < -0.3 is 25.1 Å². The van der Waals surface area contributed by atoms with Crippen molar-refractivity contribution in [2.24, 2.45) is 0 Å². The van der Waals surface area contributed by atoms with E-state index in [1.807, 2.05) is 0 Å². The van der Waals surface area contributed by atoms with Crippen LogP contribution in [0.25, 0.3) is 0 Å². The Balaban J connectivity index is 4.02. The summed E-state index contributed by atoms with van der Waals surface area (Å²) in [5, 5.41) is 26.1. The van der Waals surface area contributed by atoms with Crippen LogP contribution in [0, 0.1) is 0 Å². The van der Waals surface area contributed by atoms with Crippen molar-refractivity contribution in [3.63, 3.8) is 0 Å². The molecular formula is C5H11O8P. The minimum atomic E-state index is -4.74. The van der Waals surface area contributed by atoms with E-state index in [4.69, 9.17) is 25.1 Å². The molecule has 8 nitrogen and oxygen atoms in total. The highest BCUT2D eigenvalue weighted by Crippen LogP contribution is 2.35. The Morgan fingerprint density at radius 2 is 1.86 bits per heavy atom. The first kappa shape index (κ1) is 13.7. The molecule has 14 heavy (non-hydrogen) atoms. The van der Waals surface area contributed by atoms with Crippen LogP contribution in [0.5, 0.6) is 0 Å². The van der Waals surface area contributed by atoms with Crippen molar-refractivity contribution in [1.82, 2.24) is 0 Å². The van der Waals surface area contributed by atoms with E-state index in [1.165, 1.54) is 0 Å². The number of hydrogen-bond donors (Lipinski definition) is 5. The number of aliphatic hydroxyl groups excluding tert-OH is 3. The molecule has 0 aromatic heterocycles. The molecule has 0 aliphatic rings. The van der Waals surface area contributed by atoms with Crippen LogP contribution < -0.4 is 0 Å². The SMILES string of the molecule is O=C(CO)[C@@H](O)[C@@H](O)COP(=O)(O)O. The normalized spacial score (nSPS) is 16.4.